The number of hydrogen-bond donors (Lipinski definition) is 0. The number of benzene rings is 1. The average molecular weight is 385 g/mol. The van der Waals surface area contributed by atoms with Crippen LogP contribution in [0, 0.1) is 0 Å². The average Bonchev–Trinajstić information content (AvgIpc) is 2.94. The molecule has 1 aromatic carbocycles. The summed E-state index contributed by atoms with van der Waals surface area (Å²) in [4.78, 5) is 0. The van der Waals surface area contributed by atoms with E-state index in [9.17, 15) is 0 Å². The summed E-state index contributed by atoms with van der Waals surface area (Å²) in [6, 6.07) is 3.76. The Bertz CT molecular complexity index is 666. The molecule has 118 valence electrons. The number of aryl methyl sites for hydroxylation is 1. The molecule has 0 N–H and O–H groups in total. The number of ether oxygens (including phenoxy) is 2. The molecular formula is C14H17BrN4O2S. The highest BCUT2D eigenvalue weighted by Crippen LogP contribution is 2.33. The number of halogens is 1. The summed E-state index contributed by atoms with van der Waals surface area (Å²) < 4.78 is 13.4. The van der Waals surface area contributed by atoms with Gasteiger partial charge in [0.15, 0.2) is 17.3 Å². The molecule has 1 aromatic heterocycles. The highest BCUT2D eigenvalue weighted by Gasteiger charge is 2.12. The van der Waals surface area contributed by atoms with Crippen molar-refractivity contribution in [1.82, 2.24) is 14.9 Å². The molecule has 0 saturated carbocycles. The molecule has 0 bridgehead atoms. The van der Waals surface area contributed by atoms with Crippen molar-refractivity contribution in [3.8, 4) is 11.5 Å². The molecule has 2 rings (SSSR count). The number of thioether (sulfide) groups is 1. The van der Waals surface area contributed by atoms with Crippen molar-refractivity contribution in [2.75, 3.05) is 20.5 Å². The van der Waals surface area contributed by atoms with Crippen molar-refractivity contribution in [2.24, 2.45) is 5.10 Å². The normalized spacial score (nSPS) is 11.1. The fraction of sp³-hybridized carbons (Fsp3) is 0.357. The van der Waals surface area contributed by atoms with Crippen molar-refractivity contribution < 1.29 is 9.47 Å². The number of aromatic nitrogens is 3. The lowest BCUT2D eigenvalue weighted by Gasteiger charge is -2.11. The summed E-state index contributed by atoms with van der Waals surface area (Å²) in [6.45, 7) is 2.02. The van der Waals surface area contributed by atoms with Crippen molar-refractivity contribution in [1.29, 1.82) is 0 Å². The van der Waals surface area contributed by atoms with Crippen LogP contribution in [0.1, 0.15) is 18.3 Å². The number of methoxy groups -OCH3 is 2. The predicted octanol–water partition coefficient (Wildman–Crippen LogP) is 3.22. The maximum absolute atomic E-state index is 5.42. The smallest absolute Gasteiger partial charge is 0.211 e. The first-order valence-corrected chi connectivity index (χ1v) is 8.60. The zero-order valence-corrected chi connectivity index (χ0v) is 15.2. The molecule has 0 radical (unpaired) electrons. The Kier molecular flexibility index (Phi) is 5.84. The number of nitrogens with zero attached hydrogens (tertiary/aromatic N) is 4. The number of hydrogen-bond acceptors (Lipinski definition) is 6. The molecule has 0 aliphatic rings. The third-order valence-corrected chi connectivity index (χ3v) is 4.04. The van der Waals surface area contributed by atoms with Crippen LogP contribution in [0.3, 0.4) is 0 Å². The van der Waals surface area contributed by atoms with Gasteiger partial charge in [-0.05, 0) is 18.4 Å². The van der Waals surface area contributed by atoms with Crippen molar-refractivity contribution in [3.05, 3.63) is 28.0 Å². The SMILES string of the molecule is CCc1nnc(SC)n1/N=C\c1cc(Br)cc(OC)c1OC. The van der Waals surface area contributed by atoms with Gasteiger partial charge in [0.1, 0.15) is 0 Å². The topological polar surface area (TPSA) is 61.5 Å². The Morgan fingerprint density at radius 1 is 1.32 bits per heavy atom. The van der Waals surface area contributed by atoms with Crippen LogP contribution in [0.25, 0.3) is 0 Å². The lowest BCUT2D eigenvalue weighted by molar-refractivity contribution is 0.354. The molecule has 0 unspecified atom stereocenters. The second-order valence-electron chi connectivity index (χ2n) is 4.24. The largest absolute Gasteiger partial charge is 0.493 e. The summed E-state index contributed by atoms with van der Waals surface area (Å²) in [7, 11) is 3.21. The van der Waals surface area contributed by atoms with E-state index in [0.717, 1.165) is 27.4 Å². The molecular weight excluding hydrogens is 368 g/mol. The van der Waals surface area contributed by atoms with Crippen LogP contribution in [0.15, 0.2) is 26.9 Å². The van der Waals surface area contributed by atoms with Gasteiger partial charge in [0.2, 0.25) is 5.16 Å². The molecule has 0 amide bonds. The Morgan fingerprint density at radius 2 is 2.09 bits per heavy atom. The molecule has 0 aliphatic carbocycles. The fourth-order valence-corrected chi connectivity index (χ4v) is 2.84. The van der Waals surface area contributed by atoms with E-state index in [2.05, 4.69) is 31.2 Å². The van der Waals surface area contributed by atoms with E-state index in [1.807, 2.05) is 25.3 Å². The van der Waals surface area contributed by atoms with E-state index in [1.165, 1.54) is 11.8 Å². The molecule has 8 heteroatoms. The van der Waals surface area contributed by atoms with Crippen molar-refractivity contribution in [2.45, 2.75) is 18.5 Å². The summed E-state index contributed by atoms with van der Waals surface area (Å²) in [5, 5.41) is 13.5. The van der Waals surface area contributed by atoms with Crippen LogP contribution in [0.5, 0.6) is 11.5 Å². The van der Waals surface area contributed by atoms with Gasteiger partial charge < -0.3 is 9.47 Å². The minimum absolute atomic E-state index is 0.631. The van der Waals surface area contributed by atoms with Crippen LogP contribution in [-0.2, 0) is 6.42 Å². The Hall–Kier alpha value is -1.54. The summed E-state index contributed by atoms with van der Waals surface area (Å²) >= 11 is 4.96. The molecule has 0 atom stereocenters. The molecule has 0 fully saturated rings. The minimum Gasteiger partial charge on any atom is -0.493 e. The summed E-state index contributed by atoms with van der Waals surface area (Å²) in [5.74, 6) is 2.08. The van der Waals surface area contributed by atoms with Gasteiger partial charge in [-0.15, -0.1) is 10.2 Å². The van der Waals surface area contributed by atoms with Crippen LogP contribution < -0.4 is 9.47 Å². The summed E-state index contributed by atoms with van der Waals surface area (Å²) in [6.07, 6.45) is 4.41. The molecule has 0 aliphatic heterocycles. The van der Waals surface area contributed by atoms with Gasteiger partial charge in [0.05, 0.1) is 20.4 Å². The monoisotopic (exact) mass is 384 g/mol. The maximum atomic E-state index is 5.42. The van der Waals surface area contributed by atoms with Gasteiger partial charge >= 0.3 is 0 Å². The molecule has 6 nitrogen and oxygen atoms in total. The van der Waals surface area contributed by atoms with Gasteiger partial charge in [0.25, 0.3) is 0 Å². The quantitative estimate of drug-likeness (QED) is 0.565. The van der Waals surface area contributed by atoms with Crippen molar-refractivity contribution >= 4 is 33.9 Å². The molecule has 2 aromatic rings. The maximum Gasteiger partial charge on any atom is 0.211 e. The highest BCUT2D eigenvalue weighted by molar-refractivity contribution is 9.10. The van der Waals surface area contributed by atoms with Crippen LogP contribution >= 0.6 is 27.7 Å². The van der Waals surface area contributed by atoms with Gasteiger partial charge in [-0.2, -0.15) is 9.78 Å². The van der Waals surface area contributed by atoms with E-state index < -0.39 is 0 Å². The van der Waals surface area contributed by atoms with Gasteiger partial charge in [-0.1, -0.05) is 34.6 Å². The number of rotatable bonds is 6. The lowest BCUT2D eigenvalue weighted by atomic mass is 10.2. The molecule has 22 heavy (non-hydrogen) atoms. The zero-order valence-electron chi connectivity index (χ0n) is 12.8. The summed E-state index contributed by atoms with van der Waals surface area (Å²) in [5.41, 5.74) is 0.802. The van der Waals surface area contributed by atoms with Crippen LogP contribution in [-0.4, -0.2) is 41.6 Å². The highest BCUT2D eigenvalue weighted by atomic mass is 79.9. The van der Waals surface area contributed by atoms with E-state index >= 15 is 0 Å². The van der Waals surface area contributed by atoms with Gasteiger partial charge in [-0.3, -0.25) is 0 Å². The fourth-order valence-electron chi connectivity index (χ4n) is 1.93. The first kappa shape index (κ1) is 16.8. The third-order valence-electron chi connectivity index (χ3n) is 2.96. The van der Waals surface area contributed by atoms with Gasteiger partial charge in [0, 0.05) is 16.5 Å². The Labute approximate surface area is 142 Å². The van der Waals surface area contributed by atoms with E-state index in [4.69, 9.17) is 9.47 Å². The van der Waals surface area contributed by atoms with Gasteiger partial charge in [-0.25, -0.2) is 0 Å². The van der Waals surface area contributed by atoms with Crippen LogP contribution in [0.2, 0.25) is 0 Å². The minimum atomic E-state index is 0.631. The predicted molar refractivity (Wildman–Crippen MR) is 91.4 cm³/mol. The lowest BCUT2D eigenvalue weighted by Crippen LogP contribution is -2.00. The Balaban J connectivity index is 2.46. The van der Waals surface area contributed by atoms with E-state index in [1.54, 1.807) is 25.1 Å². The third kappa shape index (κ3) is 3.44. The second kappa shape index (κ2) is 7.64. The first-order chi connectivity index (χ1) is 10.6. The zero-order chi connectivity index (χ0) is 16.1. The molecule has 0 spiro atoms. The van der Waals surface area contributed by atoms with Crippen molar-refractivity contribution in [3.63, 3.8) is 0 Å². The van der Waals surface area contributed by atoms with Crippen LogP contribution in [0.4, 0.5) is 0 Å². The second-order valence-corrected chi connectivity index (χ2v) is 5.93. The molecule has 1 heterocycles. The standard InChI is InChI=1S/C14H17BrN4O2S/c1-5-12-17-18-14(22-4)19(12)16-8-9-6-10(15)7-11(20-2)13(9)21-3/h6-8H,5H2,1-4H3/b16-8-. The first-order valence-electron chi connectivity index (χ1n) is 6.58. The Morgan fingerprint density at radius 3 is 2.68 bits per heavy atom. The molecule has 0 saturated heterocycles. The van der Waals surface area contributed by atoms with E-state index in [0.29, 0.717) is 11.5 Å². The van der Waals surface area contributed by atoms with E-state index in [-0.39, 0.29) is 0 Å².